The van der Waals surface area contributed by atoms with Gasteiger partial charge in [0, 0.05) is 25.3 Å². The molecule has 104 valence electrons. The second kappa shape index (κ2) is 6.68. The van der Waals surface area contributed by atoms with Gasteiger partial charge in [-0.2, -0.15) is 0 Å². The second-order valence-corrected chi connectivity index (χ2v) is 5.37. The van der Waals surface area contributed by atoms with E-state index in [1.54, 1.807) is 0 Å². The lowest BCUT2D eigenvalue weighted by Gasteiger charge is -2.17. The van der Waals surface area contributed by atoms with Gasteiger partial charge in [-0.1, -0.05) is 18.2 Å². The van der Waals surface area contributed by atoms with Gasteiger partial charge in [-0.05, 0) is 37.4 Å². The molecule has 1 fully saturated rings. The highest BCUT2D eigenvalue weighted by Gasteiger charge is 2.20. The minimum absolute atomic E-state index is 0.122. The van der Waals surface area contributed by atoms with Crippen LogP contribution >= 0.6 is 0 Å². The van der Waals surface area contributed by atoms with E-state index in [-0.39, 0.29) is 5.84 Å². The maximum Gasteiger partial charge on any atom is 0.122 e. The molecule has 0 aromatic heterocycles. The highest BCUT2D eigenvalue weighted by atomic mass is 16.5. The largest absolute Gasteiger partial charge is 0.384 e. The number of ether oxygens (including phenoxy) is 1. The molecular formula is C15H23N3O. The first kappa shape index (κ1) is 14.0. The number of hydrogen-bond acceptors (Lipinski definition) is 3. The molecule has 0 spiro atoms. The predicted molar refractivity (Wildman–Crippen MR) is 77.3 cm³/mol. The third kappa shape index (κ3) is 5.01. The Morgan fingerprint density at radius 2 is 2.26 bits per heavy atom. The van der Waals surface area contributed by atoms with Gasteiger partial charge in [-0.3, -0.25) is 10.3 Å². The quantitative estimate of drug-likeness (QED) is 0.426. The Hall–Kier alpha value is -1.39. The van der Waals surface area contributed by atoms with Gasteiger partial charge in [0.25, 0.3) is 0 Å². The first-order chi connectivity index (χ1) is 9.15. The van der Waals surface area contributed by atoms with Crippen LogP contribution in [-0.4, -0.2) is 37.5 Å². The van der Waals surface area contributed by atoms with E-state index in [0.29, 0.717) is 0 Å². The summed E-state index contributed by atoms with van der Waals surface area (Å²) < 4.78 is 5.63. The van der Waals surface area contributed by atoms with E-state index >= 15 is 0 Å². The lowest BCUT2D eigenvalue weighted by atomic mass is 10.1. The zero-order valence-electron chi connectivity index (χ0n) is 11.6. The molecule has 0 amide bonds. The number of rotatable bonds is 8. The predicted octanol–water partition coefficient (Wildman–Crippen LogP) is 1.83. The summed E-state index contributed by atoms with van der Waals surface area (Å²) in [6.07, 6.45) is 2.68. The summed E-state index contributed by atoms with van der Waals surface area (Å²) in [7, 11) is 2.08. The number of nitrogens with two attached hydrogens (primary N) is 1. The summed E-state index contributed by atoms with van der Waals surface area (Å²) in [5, 5.41) is 7.44. The van der Waals surface area contributed by atoms with Crippen molar-refractivity contribution in [2.45, 2.75) is 19.4 Å². The van der Waals surface area contributed by atoms with E-state index in [4.69, 9.17) is 15.9 Å². The third-order valence-corrected chi connectivity index (χ3v) is 3.36. The summed E-state index contributed by atoms with van der Waals surface area (Å²) in [5.74, 6) is 0.954. The van der Waals surface area contributed by atoms with E-state index in [1.807, 2.05) is 18.2 Å². The zero-order chi connectivity index (χ0) is 13.7. The summed E-state index contributed by atoms with van der Waals surface area (Å²) in [6, 6.07) is 7.85. The van der Waals surface area contributed by atoms with Crippen LogP contribution in [-0.2, 0) is 11.3 Å². The molecule has 0 unspecified atom stereocenters. The van der Waals surface area contributed by atoms with Gasteiger partial charge in [0.2, 0.25) is 0 Å². The average Bonchev–Trinajstić information content (AvgIpc) is 3.19. The molecule has 1 aliphatic rings. The average molecular weight is 261 g/mol. The Labute approximate surface area is 115 Å². The fourth-order valence-corrected chi connectivity index (χ4v) is 1.98. The fraction of sp³-hybridized carbons (Fsp3) is 0.533. The molecule has 1 aliphatic carbocycles. The van der Waals surface area contributed by atoms with Crippen LogP contribution < -0.4 is 5.73 Å². The van der Waals surface area contributed by atoms with E-state index in [9.17, 15) is 0 Å². The van der Waals surface area contributed by atoms with Crippen LogP contribution in [0.25, 0.3) is 0 Å². The van der Waals surface area contributed by atoms with Crippen molar-refractivity contribution >= 4 is 5.84 Å². The number of nitrogen functional groups attached to an aromatic ring is 1. The van der Waals surface area contributed by atoms with Crippen LogP contribution in [0.2, 0.25) is 0 Å². The highest BCUT2D eigenvalue weighted by Crippen LogP contribution is 2.28. The summed E-state index contributed by atoms with van der Waals surface area (Å²) in [4.78, 5) is 2.23. The van der Waals surface area contributed by atoms with Crippen molar-refractivity contribution in [3.8, 4) is 0 Å². The summed E-state index contributed by atoms with van der Waals surface area (Å²) in [5.41, 5.74) is 7.46. The monoisotopic (exact) mass is 261 g/mol. The van der Waals surface area contributed by atoms with Crippen LogP contribution in [0, 0.1) is 11.3 Å². The molecule has 1 aromatic carbocycles. The van der Waals surface area contributed by atoms with Gasteiger partial charge < -0.3 is 10.5 Å². The lowest BCUT2D eigenvalue weighted by Crippen LogP contribution is -2.23. The molecular weight excluding hydrogens is 238 g/mol. The lowest BCUT2D eigenvalue weighted by molar-refractivity contribution is 0.102. The molecule has 3 N–H and O–H groups in total. The molecule has 0 bridgehead atoms. The smallest absolute Gasteiger partial charge is 0.122 e. The van der Waals surface area contributed by atoms with Crippen LogP contribution in [0.15, 0.2) is 24.3 Å². The molecule has 4 heteroatoms. The van der Waals surface area contributed by atoms with Crippen molar-refractivity contribution in [1.82, 2.24) is 4.90 Å². The number of benzene rings is 1. The van der Waals surface area contributed by atoms with Crippen molar-refractivity contribution in [2.24, 2.45) is 11.7 Å². The molecule has 2 rings (SSSR count). The van der Waals surface area contributed by atoms with Gasteiger partial charge >= 0.3 is 0 Å². The third-order valence-electron chi connectivity index (χ3n) is 3.36. The number of hydrogen-bond donors (Lipinski definition) is 2. The fourth-order valence-electron chi connectivity index (χ4n) is 1.98. The summed E-state index contributed by atoms with van der Waals surface area (Å²) in [6.45, 7) is 3.50. The Bertz CT molecular complexity index is 429. The normalized spacial score (nSPS) is 14.8. The number of nitrogens with one attached hydrogen (secondary N) is 1. The molecule has 0 aliphatic heterocycles. The molecule has 4 nitrogen and oxygen atoms in total. The summed E-state index contributed by atoms with van der Waals surface area (Å²) >= 11 is 0. The standard InChI is InChI=1S/C15H23N3O/c1-18(7-8-19-11-12-5-6-12)10-13-3-2-4-14(9-13)15(16)17/h2-4,9,12H,5-8,10-11H2,1H3,(H3,16,17). The van der Waals surface area contributed by atoms with Crippen LogP contribution in [0.1, 0.15) is 24.0 Å². The first-order valence-electron chi connectivity index (χ1n) is 6.85. The topological polar surface area (TPSA) is 62.3 Å². The Kier molecular flexibility index (Phi) is 4.93. The van der Waals surface area contributed by atoms with Crippen molar-refractivity contribution in [3.05, 3.63) is 35.4 Å². The molecule has 0 atom stereocenters. The molecule has 1 saturated carbocycles. The van der Waals surface area contributed by atoms with E-state index in [0.717, 1.165) is 37.8 Å². The minimum atomic E-state index is 0.122. The van der Waals surface area contributed by atoms with E-state index in [2.05, 4.69) is 18.0 Å². The van der Waals surface area contributed by atoms with Crippen LogP contribution in [0.4, 0.5) is 0 Å². The van der Waals surface area contributed by atoms with Gasteiger partial charge in [0.1, 0.15) is 5.84 Å². The number of nitrogens with zero attached hydrogens (tertiary/aromatic N) is 1. The number of likely N-dealkylation sites (N-methyl/N-ethyl adjacent to an activating group) is 1. The second-order valence-electron chi connectivity index (χ2n) is 5.37. The van der Waals surface area contributed by atoms with Gasteiger partial charge in [0.05, 0.1) is 6.61 Å². The highest BCUT2D eigenvalue weighted by molar-refractivity contribution is 5.95. The Morgan fingerprint density at radius 1 is 1.47 bits per heavy atom. The Balaban J connectivity index is 1.72. The molecule has 19 heavy (non-hydrogen) atoms. The minimum Gasteiger partial charge on any atom is -0.384 e. The first-order valence-corrected chi connectivity index (χ1v) is 6.85. The molecule has 0 saturated heterocycles. The number of amidine groups is 1. The molecule has 0 heterocycles. The van der Waals surface area contributed by atoms with Crippen molar-refractivity contribution in [1.29, 1.82) is 5.41 Å². The molecule has 0 radical (unpaired) electrons. The van der Waals surface area contributed by atoms with Gasteiger partial charge in [-0.15, -0.1) is 0 Å². The van der Waals surface area contributed by atoms with E-state index < -0.39 is 0 Å². The van der Waals surface area contributed by atoms with E-state index in [1.165, 1.54) is 18.4 Å². The van der Waals surface area contributed by atoms with Crippen molar-refractivity contribution < 1.29 is 4.74 Å². The maximum absolute atomic E-state index is 7.44. The van der Waals surface area contributed by atoms with Gasteiger partial charge in [-0.25, -0.2) is 0 Å². The Morgan fingerprint density at radius 3 is 2.95 bits per heavy atom. The van der Waals surface area contributed by atoms with Crippen molar-refractivity contribution in [2.75, 3.05) is 26.8 Å². The van der Waals surface area contributed by atoms with Gasteiger partial charge in [0.15, 0.2) is 0 Å². The zero-order valence-corrected chi connectivity index (χ0v) is 11.6. The van der Waals surface area contributed by atoms with Crippen molar-refractivity contribution in [3.63, 3.8) is 0 Å². The SMILES string of the molecule is CN(CCOCC1CC1)Cc1cccc(C(=N)N)c1. The molecule has 1 aromatic rings. The van der Waals surface area contributed by atoms with Crippen LogP contribution in [0.3, 0.4) is 0 Å². The van der Waals surface area contributed by atoms with Crippen LogP contribution in [0.5, 0.6) is 0 Å². The maximum atomic E-state index is 7.44.